The molecule has 23 heavy (non-hydrogen) atoms. The van der Waals surface area contributed by atoms with Crippen molar-refractivity contribution >= 4 is 11.9 Å². The van der Waals surface area contributed by atoms with E-state index in [4.69, 9.17) is 4.74 Å². The summed E-state index contributed by atoms with van der Waals surface area (Å²) in [6, 6.07) is 1.40. The molecule has 1 amide bonds. The molecule has 2 rings (SSSR count). The molecule has 0 spiro atoms. The topological polar surface area (TPSA) is 101 Å². The fourth-order valence-electron chi connectivity index (χ4n) is 2.88. The van der Waals surface area contributed by atoms with Crippen molar-refractivity contribution in [1.82, 2.24) is 14.5 Å². The lowest BCUT2D eigenvalue weighted by Gasteiger charge is -2.38. The van der Waals surface area contributed by atoms with Crippen LogP contribution in [-0.4, -0.2) is 45.0 Å². The predicted octanol–water partition coefficient (Wildman–Crippen LogP) is -0.131. The zero-order chi connectivity index (χ0) is 17.0. The summed E-state index contributed by atoms with van der Waals surface area (Å²) >= 11 is 0. The number of hydrogen-bond donors (Lipinski definition) is 1. The molecule has 2 atom stereocenters. The maximum absolute atomic E-state index is 12.2. The number of amides is 1. The van der Waals surface area contributed by atoms with Crippen molar-refractivity contribution in [2.75, 3.05) is 6.61 Å². The van der Waals surface area contributed by atoms with Crippen LogP contribution in [0.2, 0.25) is 0 Å². The summed E-state index contributed by atoms with van der Waals surface area (Å²) in [5.74, 6) is -0.934. The van der Waals surface area contributed by atoms with Crippen molar-refractivity contribution in [2.45, 2.75) is 51.7 Å². The van der Waals surface area contributed by atoms with E-state index in [2.05, 4.69) is 0 Å². The van der Waals surface area contributed by atoms with Crippen molar-refractivity contribution in [1.29, 1.82) is 0 Å². The SMILES string of the molecule is C[C@@H]1CCC[C@@H](C)N1C(=O)COC(=O)Cn1ccc(=O)[nH]c1=O. The number of rotatable bonds is 4. The van der Waals surface area contributed by atoms with E-state index in [0.717, 1.165) is 29.9 Å². The number of ether oxygens (including phenoxy) is 1. The zero-order valence-corrected chi connectivity index (χ0v) is 13.3. The minimum atomic E-state index is -0.704. The first-order valence-corrected chi connectivity index (χ1v) is 7.65. The first kappa shape index (κ1) is 17.0. The highest BCUT2D eigenvalue weighted by atomic mass is 16.5. The van der Waals surface area contributed by atoms with Gasteiger partial charge in [-0.05, 0) is 33.1 Å². The van der Waals surface area contributed by atoms with Crippen molar-refractivity contribution in [2.24, 2.45) is 0 Å². The van der Waals surface area contributed by atoms with Gasteiger partial charge in [0.1, 0.15) is 6.54 Å². The fraction of sp³-hybridized carbons (Fsp3) is 0.600. The van der Waals surface area contributed by atoms with E-state index in [-0.39, 0.29) is 31.1 Å². The number of nitrogens with zero attached hydrogens (tertiary/aromatic N) is 2. The molecule has 2 heterocycles. The zero-order valence-electron chi connectivity index (χ0n) is 13.3. The van der Waals surface area contributed by atoms with Gasteiger partial charge in [0.2, 0.25) is 0 Å². The van der Waals surface area contributed by atoms with E-state index < -0.39 is 17.2 Å². The molecule has 0 radical (unpaired) electrons. The maximum Gasteiger partial charge on any atom is 0.328 e. The summed E-state index contributed by atoms with van der Waals surface area (Å²) in [6.07, 6.45) is 4.17. The highest BCUT2D eigenvalue weighted by Gasteiger charge is 2.29. The molecule has 1 aliphatic heterocycles. The molecule has 1 aromatic rings. The van der Waals surface area contributed by atoms with Crippen LogP contribution in [0.25, 0.3) is 0 Å². The quantitative estimate of drug-likeness (QED) is 0.778. The van der Waals surface area contributed by atoms with Gasteiger partial charge in [0.05, 0.1) is 0 Å². The van der Waals surface area contributed by atoms with Crippen LogP contribution in [0.3, 0.4) is 0 Å². The standard InChI is InChI=1S/C15H21N3O5/c1-10-4-3-5-11(2)18(10)13(20)9-23-14(21)8-17-7-6-12(19)16-15(17)22/h6-7,10-11H,3-5,8-9H2,1-2H3,(H,16,19,22)/t10-,11-/m1/s1. The molecule has 0 aliphatic carbocycles. The van der Waals surface area contributed by atoms with E-state index in [0.29, 0.717) is 0 Å². The van der Waals surface area contributed by atoms with Crippen molar-refractivity contribution in [3.63, 3.8) is 0 Å². The minimum Gasteiger partial charge on any atom is -0.454 e. The highest BCUT2D eigenvalue weighted by Crippen LogP contribution is 2.22. The van der Waals surface area contributed by atoms with Gasteiger partial charge in [0.25, 0.3) is 11.5 Å². The predicted molar refractivity (Wildman–Crippen MR) is 81.9 cm³/mol. The second-order valence-electron chi connectivity index (χ2n) is 5.83. The van der Waals surface area contributed by atoms with Gasteiger partial charge in [-0.2, -0.15) is 0 Å². The van der Waals surface area contributed by atoms with Crippen molar-refractivity contribution < 1.29 is 14.3 Å². The Hall–Kier alpha value is -2.38. The van der Waals surface area contributed by atoms with Crippen LogP contribution in [0.1, 0.15) is 33.1 Å². The third-order valence-corrected chi connectivity index (χ3v) is 4.03. The molecule has 8 heteroatoms. The van der Waals surface area contributed by atoms with Crippen LogP contribution in [0.4, 0.5) is 0 Å². The van der Waals surface area contributed by atoms with Gasteiger partial charge in [0.15, 0.2) is 6.61 Å². The van der Waals surface area contributed by atoms with E-state index in [9.17, 15) is 19.2 Å². The third-order valence-electron chi connectivity index (χ3n) is 4.03. The van der Waals surface area contributed by atoms with E-state index in [1.165, 1.54) is 6.20 Å². The van der Waals surface area contributed by atoms with E-state index in [1.807, 2.05) is 18.8 Å². The number of aromatic amines is 1. The number of piperidine rings is 1. The molecule has 1 N–H and O–H groups in total. The Morgan fingerprint density at radius 1 is 1.26 bits per heavy atom. The fourth-order valence-corrected chi connectivity index (χ4v) is 2.88. The van der Waals surface area contributed by atoms with Gasteiger partial charge in [-0.3, -0.25) is 23.9 Å². The molecule has 1 aromatic heterocycles. The maximum atomic E-state index is 12.2. The number of carbonyl (C=O) groups is 2. The second kappa shape index (κ2) is 7.26. The number of likely N-dealkylation sites (tertiary alicyclic amines) is 1. The Balaban J connectivity index is 1.89. The second-order valence-corrected chi connectivity index (χ2v) is 5.83. The lowest BCUT2D eigenvalue weighted by Crippen LogP contribution is -2.49. The number of H-pyrrole nitrogens is 1. The van der Waals surface area contributed by atoms with Gasteiger partial charge in [-0.15, -0.1) is 0 Å². The average molecular weight is 323 g/mol. The molecular weight excluding hydrogens is 302 g/mol. The van der Waals surface area contributed by atoms with Crippen LogP contribution in [0.15, 0.2) is 21.9 Å². The van der Waals surface area contributed by atoms with E-state index in [1.54, 1.807) is 4.90 Å². The number of nitrogens with one attached hydrogen (secondary N) is 1. The van der Waals surface area contributed by atoms with Crippen LogP contribution in [-0.2, 0) is 20.9 Å². The Kier molecular flexibility index (Phi) is 5.36. The summed E-state index contributed by atoms with van der Waals surface area (Å²) in [5, 5.41) is 0. The molecule has 0 saturated carbocycles. The van der Waals surface area contributed by atoms with Crippen molar-refractivity contribution in [3.8, 4) is 0 Å². The number of carbonyl (C=O) groups excluding carboxylic acids is 2. The lowest BCUT2D eigenvalue weighted by atomic mass is 9.97. The number of aromatic nitrogens is 2. The molecular formula is C15H21N3O5. The molecule has 0 aromatic carbocycles. The minimum absolute atomic E-state index is 0.131. The first-order chi connectivity index (χ1) is 10.9. The van der Waals surface area contributed by atoms with Crippen molar-refractivity contribution in [3.05, 3.63) is 33.1 Å². The summed E-state index contributed by atoms with van der Waals surface area (Å²) in [5.41, 5.74) is -1.23. The molecule has 1 fully saturated rings. The number of esters is 1. The first-order valence-electron chi connectivity index (χ1n) is 7.65. The molecule has 0 unspecified atom stereocenters. The van der Waals surface area contributed by atoms with E-state index >= 15 is 0 Å². The van der Waals surface area contributed by atoms with Gasteiger partial charge in [-0.25, -0.2) is 4.79 Å². The summed E-state index contributed by atoms with van der Waals surface area (Å²) in [7, 11) is 0. The molecule has 126 valence electrons. The van der Waals surface area contributed by atoms with Crippen LogP contribution in [0.5, 0.6) is 0 Å². The Morgan fingerprint density at radius 2 is 1.91 bits per heavy atom. The summed E-state index contributed by atoms with van der Waals surface area (Å²) < 4.78 is 5.98. The molecule has 1 saturated heterocycles. The summed E-state index contributed by atoms with van der Waals surface area (Å²) in [4.78, 5) is 50.2. The average Bonchev–Trinajstić information content (AvgIpc) is 2.48. The van der Waals surface area contributed by atoms with Crippen LogP contribution in [0, 0.1) is 0 Å². The third kappa shape index (κ3) is 4.30. The van der Waals surface area contributed by atoms with Crippen LogP contribution < -0.4 is 11.2 Å². The van der Waals surface area contributed by atoms with Gasteiger partial charge in [-0.1, -0.05) is 0 Å². The molecule has 1 aliphatic rings. The molecule has 8 nitrogen and oxygen atoms in total. The summed E-state index contributed by atoms with van der Waals surface area (Å²) in [6.45, 7) is 3.27. The normalized spacial score (nSPS) is 21.0. The van der Waals surface area contributed by atoms with Gasteiger partial charge < -0.3 is 9.64 Å². The van der Waals surface area contributed by atoms with Crippen LogP contribution >= 0.6 is 0 Å². The lowest BCUT2D eigenvalue weighted by molar-refractivity contribution is -0.155. The Morgan fingerprint density at radius 3 is 2.52 bits per heavy atom. The van der Waals surface area contributed by atoms with Gasteiger partial charge in [0, 0.05) is 24.3 Å². The smallest absolute Gasteiger partial charge is 0.328 e. The largest absolute Gasteiger partial charge is 0.454 e. The molecule has 0 bridgehead atoms. The Bertz CT molecular complexity index is 683. The Labute approximate surface area is 133 Å². The highest BCUT2D eigenvalue weighted by molar-refractivity contribution is 5.81. The van der Waals surface area contributed by atoms with Gasteiger partial charge >= 0.3 is 11.7 Å². The monoisotopic (exact) mass is 323 g/mol. The number of hydrogen-bond acceptors (Lipinski definition) is 5.